The van der Waals surface area contributed by atoms with Crippen LogP contribution < -0.4 is 0 Å². The van der Waals surface area contributed by atoms with E-state index < -0.39 is 11.6 Å². The second-order valence-electron chi connectivity index (χ2n) is 4.87. The Labute approximate surface area is 94.5 Å². The van der Waals surface area contributed by atoms with Gasteiger partial charge in [0.15, 0.2) is 0 Å². The average Bonchev–Trinajstić information content (AvgIpc) is 2.15. The molecule has 0 unspecified atom stereocenters. The third kappa shape index (κ3) is 3.26. The van der Waals surface area contributed by atoms with Crippen LogP contribution in [0.2, 0.25) is 0 Å². The van der Waals surface area contributed by atoms with Crippen molar-refractivity contribution in [2.75, 3.05) is 0 Å². The van der Waals surface area contributed by atoms with Crippen LogP contribution in [0.15, 0.2) is 24.3 Å². The largest absolute Gasteiger partial charge is 0.393 e. The number of hydrogen-bond donors (Lipinski definition) is 0. The fraction of sp³-hybridized carbons (Fsp3) is 0.538. The zero-order valence-corrected chi connectivity index (χ0v) is 9.86. The lowest BCUT2D eigenvalue weighted by Crippen LogP contribution is -2.32. The van der Waals surface area contributed by atoms with Crippen molar-refractivity contribution in [1.82, 2.24) is 0 Å². The van der Waals surface area contributed by atoms with E-state index in [1.54, 1.807) is 0 Å². The van der Waals surface area contributed by atoms with Crippen molar-refractivity contribution in [1.29, 1.82) is 0 Å². The molecule has 1 aromatic carbocycles. The molecule has 0 saturated carbocycles. The van der Waals surface area contributed by atoms with Gasteiger partial charge in [-0.05, 0) is 25.3 Å². The minimum atomic E-state index is -4.13. The predicted molar refractivity (Wildman–Crippen MR) is 59.3 cm³/mol. The number of benzene rings is 1. The first-order valence-corrected chi connectivity index (χ1v) is 5.35. The van der Waals surface area contributed by atoms with Crippen LogP contribution in [0.4, 0.5) is 13.2 Å². The summed E-state index contributed by atoms with van der Waals surface area (Å²) >= 11 is 0. The molecule has 0 aliphatic carbocycles. The van der Waals surface area contributed by atoms with Crippen molar-refractivity contribution in [2.24, 2.45) is 5.41 Å². The fourth-order valence-electron chi connectivity index (χ4n) is 1.35. The van der Waals surface area contributed by atoms with Gasteiger partial charge < -0.3 is 0 Å². The van der Waals surface area contributed by atoms with Crippen LogP contribution in [0.1, 0.15) is 31.4 Å². The highest BCUT2D eigenvalue weighted by atomic mass is 19.4. The van der Waals surface area contributed by atoms with E-state index >= 15 is 0 Å². The molecule has 0 fully saturated rings. The molecule has 0 heterocycles. The van der Waals surface area contributed by atoms with Crippen LogP contribution in [0.3, 0.4) is 0 Å². The summed E-state index contributed by atoms with van der Waals surface area (Å²) in [5, 5.41) is 0. The highest BCUT2D eigenvalue weighted by Crippen LogP contribution is 2.40. The molecule has 0 N–H and O–H groups in total. The zero-order valence-electron chi connectivity index (χ0n) is 9.86. The zero-order chi connectivity index (χ0) is 12.4. The van der Waals surface area contributed by atoms with Crippen LogP contribution in [0.25, 0.3) is 0 Å². The third-order valence-corrected chi connectivity index (χ3v) is 2.93. The number of hydrogen-bond acceptors (Lipinski definition) is 0. The maximum Gasteiger partial charge on any atom is 0.393 e. The summed E-state index contributed by atoms with van der Waals surface area (Å²) < 4.78 is 37.8. The van der Waals surface area contributed by atoms with Gasteiger partial charge in [-0.2, -0.15) is 13.2 Å². The summed E-state index contributed by atoms with van der Waals surface area (Å²) in [4.78, 5) is 0. The molecular formula is C13H17F3. The Morgan fingerprint density at radius 2 is 1.50 bits per heavy atom. The van der Waals surface area contributed by atoms with Gasteiger partial charge in [0.1, 0.15) is 0 Å². The predicted octanol–water partition coefficient (Wildman–Crippen LogP) is 4.52. The maximum absolute atomic E-state index is 12.6. The molecular weight excluding hydrogens is 213 g/mol. The molecule has 0 bridgehead atoms. The van der Waals surface area contributed by atoms with Gasteiger partial charge in [0.2, 0.25) is 0 Å². The van der Waals surface area contributed by atoms with Crippen LogP contribution in [0, 0.1) is 12.3 Å². The highest BCUT2D eigenvalue weighted by molar-refractivity contribution is 5.21. The molecule has 0 atom stereocenters. The molecule has 3 heteroatoms. The summed E-state index contributed by atoms with van der Waals surface area (Å²) in [6, 6.07) is 7.63. The monoisotopic (exact) mass is 230 g/mol. The Balaban J connectivity index is 2.61. The van der Waals surface area contributed by atoms with Crippen LogP contribution >= 0.6 is 0 Å². The Kier molecular flexibility index (Phi) is 3.66. The SMILES string of the molecule is Cc1ccc(CCC(C)(C)C(F)(F)F)cc1. The van der Waals surface area contributed by atoms with Gasteiger partial charge >= 0.3 is 6.18 Å². The molecule has 1 aromatic rings. The van der Waals surface area contributed by atoms with E-state index in [1.165, 1.54) is 13.8 Å². The smallest absolute Gasteiger partial charge is 0.171 e. The standard InChI is InChI=1S/C13H17F3/c1-10-4-6-11(7-5-10)8-9-12(2,3)13(14,15)16/h4-7H,8-9H2,1-3H3. The first-order valence-electron chi connectivity index (χ1n) is 5.35. The van der Waals surface area contributed by atoms with Crippen molar-refractivity contribution in [3.8, 4) is 0 Å². The summed E-state index contributed by atoms with van der Waals surface area (Å²) in [7, 11) is 0. The fourth-order valence-corrected chi connectivity index (χ4v) is 1.35. The van der Waals surface area contributed by atoms with Gasteiger partial charge in [0.25, 0.3) is 0 Å². The molecule has 0 radical (unpaired) electrons. The molecule has 0 aliphatic rings. The van der Waals surface area contributed by atoms with Crippen LogP contribution in [-0.2, 0) is 6.42 Å². The molecule has 16 heavy (non-hydrogen) atoms. The Hall–Kier alpha value is -0.990. The second-order valence-corrected chi connectivity index (χ2v) is 4.87. The summed E-state index contributed by atoms with van der Waals surface area (Å²) in [6.07, 6.45) is -3.54. The van der Waals surface area contributed by atoms with Crippen molar-refractivity contribution >= 4 is 0 Å². The van der Waals surface area contributed by atoms with Crippen LogP contribution in [0.5, 0.6) is 0 Å². The van der Waals surface area contributed by atoms with Gasteiger partial charge in [0.05, 0.1) is 5.41 Å². The lowest BCUT2D eigenvalue weighted by molar-refractivity contribution is -0.213. The topological polar surface area (TPSA) is 0 Å². The number of rotatable bonds is 3. The first-order chi connectivity index (χ1) is 7.22. The maximum atomic E-state index is 12.6. The van der Waals surface area contributed by atoms with E-state index in [1.807, 2.05) is 31.2 Å². The van der Waals surface area contributed by atoms with Gasteiger partial charge in [-0.1, -0.05) is 43.7 Å². The summed E-state index contributed by atoms with van der Waals surface area (Å²) in [6.45, 7) is 4.46. The van der Waals surface area contributed by atoms with Gasteiger partial charge in [0, 0.05) is 0 Å². The molecule has 0 amide bonds. The van der Waals surface area contributed by atoms with Gasteiger partial charge in [-0.3, -0.25) is 0 Å². The Morgan fingerprint density at radius 1 is 1.00 bits per heavy atom. The average molecular weight is 230 g/mol. The van der Waals surface area contributed by atoms with E-state index in [4.69, 9.17) is 0 Å². The van der Waals surface area contributed by atoms with Crippen LogP contribution in [-0.4, -0.2) is 6.18 Å². The van der Waals surface area contributed by atoms with E-state index in [2.05, 4.69) is 0 Å². The number of halogens is 3. The molecule has 0 spiro atoms. The summed E-state index contributed by atoms with van der Waals surface area (Å²) in [5.41, 5.74) is 0.472. The van der Waals surface area contributed by atoms with E-state index in [0.717, 1.165) is 11.1 Å². The normalized spacial score (nSPS) is 12.9. The molecule has 90 valence electrons. The summed E-state index contributed by atoms with van der Waals surface area (Å²) in [5.74, 6) is 0. The Morgan fingerprint density at radius 3 is 1.94 bits per heavy atom. The number of aryl methyl sites for hydroxylation is 2. The molecule has 1 rings (SSSR count). The van der Waals surface area contributed by atoms with Crippen molar-refractivity contribution in [3.63, 3.8) is 0 Å². The molecule has 0 aromatic heterocycles. The van der Waals surface area contributed by atoms with Crippen molar-refractivity contribution in [2.45, 2.75) is 39.8 Å². The van der Waals surface area contributed by atoms with E-state index in [-0.39, 0.29) is 6.42 Å². The highest BCUT2D eigenvalue weighted by Gasteiger charge is 2.46. The third-order valence-electron chi connectivity index (χ3n) is 2.93. The Bertz CT molecular complexity index is 333. The minimum Gasteiger partial charge on any atom is -0.171 e. The van der Waals surface area contributed by atoms with E-state index in [9.17, 15) is 13.2 Å². The first kappa shape index (κ1) is 13.1. The quantitative estimate of drug-likeness (QED) is 0.716. The van der Waals surface area contributed by atoms with Crippen molar-refractivity contribution < 1.29 is 13.2 Å². The molecule has 0 aliphatic heterocycles. The number of alkyl halides is 3. The van der Waals surface area contributed by atoms with Gasteiger partial charge in [-0.25, -0.2) is 0 Å². The molecule has 0 saturated heterocycles. The van der Waals surface area contributed by atoms with Gasteiger partial charge in [-0.15, -0.1) is 0 Å². The lowest BCUT2D eigenvalue weighted by Gasteiger charge is -2.27. The van der Waals surface area contributed by atoms with Crippen molar-refractivity contribution in [3.05, 3.63) is 35.4 Å². The minimum absolute atomic E-state index is 0.125. The molecule has 0 nitrogen and oxygen atoms in total. The van der Waals surface area contributed by atoms with E-state index in [0.29, 0.717) is 6.42 Å². The lowest BCUT2D eigenvalue weighted by atomic mass is 9.85. The second kappa shape index (κ2) is 4.48.